The molecule has 0 aliphatic carbocycles. The highest BCUT2D eigenvalue weighted by Gasteiger charge is 2.35. The predicted molar refractivity (Wildman–Crippen MR) is 104 cm³/mol. The molecule has 5 nitrogen and oxygen atoms in total. The minimum absolute atomic E-state index is 0.0302. The monoisotopic (exact) mass is 360 g/mol. The summed E-state index contributed by atoms with van der Waals surface area (Å²) in [5.41, 5.74) is 2.43. The maximum absolute atomic E-state index is 10.6. The Hall–Kier alpha value is -3.44. The van der Waals surface area contributed by atoms with Gasteiger partial charge in [0.05, 0.1) is 5.54 Å². The van der Waals surface area contributed by atoms with Gasteiger partial charge in [-0.2, -0.15) is 0 Å². The predicted octanol–water partition coefficient (Wildman–Crippen LogP) is 3.61. The third-order valence-electron chi connectivity index (χ3n) is 4.26. The summed E-state index contributed by atoms with van der Waals surface area (Å²) in [5.74, 6) is -1.16. The average molecular weight is 360 g/mol. The summed E-state index contributed by atoms with van der Waals surface area (Å²) >= 11 is 0. The Morgan fingerprint density at radius 2 is 1.26 bits per heavy atom. The third kappa shape index (κ3) is 4.22. The molecule has 0 saturated heterocycles. The second kappa shape index (κ2) is 8.78. The summed E-state index contributed by atoms with van der Waals surface area (Å²) in [6.45, 7) is 0.0302. The van der Waals surface area contributed by atoms with Gasteiger partial charge in [-0.15, -0.1) is 0 Å². The summed E-state index contributed by atoms with van der Waals surface area (Å²) in [4.78, 5) is 15.7. The van der Waals surface area contributed by atoms with Crippen LogP contribution in [0.25, 0.3) is 0 Å². The zero-order chi connectivity index (χ0) is 19.0. The third-order valence-corrected chi connectivity index (χ3v) is 4.26. The molecule has 0 bridgehead atoms. The first-order chi connectivity index (χ1) is 13.2. The normalized spacial score (nSPS) is 11.4. The van der Waals surface area contributed by atoms with Gasteiger partial charge >= 0.3 is 5.97 Å². The van der Waals surface area contributed by atoms with Crippen molar-refractivity contribution in [1.82, 2.24) is 5.32 Å². The summed E-state index contributed by atoms with van der Waals surface area (Å²) in [7, 11) is 0. The van der Waals surface area contributed by atoms with Gasteiger partial charge in [0.25, 0.3) is 0 Å². The highest BCUT2D eigenvalue weighted by Crippen LogP contribution is 2.36. The van der Waals surface area contributed by atoms with E-state index < -0.39 is 11.5 Å². The van der Waals surface area contributed by atoms with Gasteiger partial charge in [0, 0.05) is 0 Å². The van der Waals surface area contributed by atoms with Gasteiger partial charge in [0.1, 0.15) is 0 Å². The molecule has 3 aromatic rings. The molecule has 2 N–H and O–H groups in total. The van der Waals surface area contributed by atoms with Gasteiger partial charge in [-0.25, -0.2) is 4.79 Å². The maximum Gasteiger partial charge on any atom is 0.350 e. The SMILES string of the molecule is O=C(O)/C=N/OCNC(c1ccccc1)(c1ccccc1)c1ccccc1. The molecule has 5 heteroatoms. The lowest BCUT2D eigenvalue weighted by molar-refractivity contribution is -0.129. The molecule has 0 atom stereocenters. The number of aliphatic carboxylic acids is 1. The van der Waals surface area contributed by atoms with Crippen LogP contribution in [0.4, 0.5) is 0 Å². The molecule has 0 aliphatic rings. The summed E-state index contributed by atoms with van der Waals surface area (Å²) in [6, 6.07) is 30.1. The number of benzene rings is 3. The number of carboxylic acid groups (broad SMARTS) is 1. The van der Waals surface area contributed by atoms with Crippen molar-refractivity contribution in [2.45, 2.75) is 5.54 Å². The Bertz CT molecular complexity index is 785. The molecule has 0 aliphatic heterocycles. The minimum Gasteiger partial charge on any atom is -0.477 e. The van der Waals surface area contributed by atoms with Crippen LogP contribution < -0.4 is 5.32 Å². The standard InChI is InChI=1S/C22H20N2O3/c25-21(26)16-24-27-17-23-22(18-10-4-1-5-11-18,19-12-6-2-7-13-19)20-14-8-3-9-15-20/h1-16,23H,17H2,(H,25,26)/b24-16+. The van der Waals surface area contributed by atoms with Crippen LogP contribution in [0.2, 0.25) is 0 Å². The molecule has 0 aromatic heterocycles. The van der Waals surface area contributed by atoms with Crippen molar-refractivity contribution >= 4 is 12.2 Å². The van der Waals surface area contributed by atoms with E-state index in [1.54, 1.807) is 0 Å². The van der Waals surface area contributed by atoms with E-state index in [2.05, 4.69) is 10.5 Å². The molecular formula is C22H20N2O3. The van der Waals surface area contributed by atoms with E-state index in [1.165, 1.54) is 0 Å². The van der Waals surface area contributed by atoms with E-state index in [4.69, 9.17) is 9.94 Å². The molecule has 3 aromatic carbocycles. The first-order valence-electron chi connectivity index (χ1n) is 8.53. The lowest BCUT2D eigenvalue weighted by Crippen LogP contribution is -2.45. The fourth-order valence-electron chi connectivity index (χ4n) is 3.13. The Labute approximate surface area is 157 Å². The lowest BCUT2D eigenvalue weighted by atomic mass is 9.77. The largest absolute Gasteiger partial charge is 0.477 e. The van der Waals surface area contributed by atoms with Crippen LogP contribution in [0.1, 0.15) is 16.7 Å². The van der Waals surface area contributed by atoms with Crippen LogP contribution in [-0.2, 0) is 15.2 Å². The molecule has 0 heterocycles. The average Bonchev–Trinajstić information content (AvgIpc) is 2.73. The van der Waals surface area contributed by atoms with Crippen LogP contribution in [0, 0.1) is 0 Å². The molecule has 0 unspecified atom stereocenters. The minimum atomic E-state index is -1.16. The second-order valence-electron chi connectivity index (χ2n) is 5.87. The molecule has 0 fully saturated rings. The highest BCUT2D eigenvalue weighted by atomic mass is 16.6. The number of carbonyl (C=O) groups is 1. The quantitative estimate of drug-likeness (QED) is 0.212. The smallest absolute Gasteiger partial charge is 0.350 e. The van der Waals surface area contributed by atoms with Gasteiger partial charge in [-0.1, -0.05) is 96.2 Å². The summed E-state index contributed by atoms with van der Waals surface area (Å²) in [6.07, 6.45) is 0.719. The second-order valence-corrected chi connectivity index (χ2v) is 5.87. The number of nitrogens with one attached hydrogen (secondary N) is 1. The molecule has 0 amide bonds. The fourth-order valence-corrected chi connectivity index (χ4v) is 3.13. The van der Waals surface area contributed by atoms with Crippen molar-refractivity contribution in [1.29, 1.82) is 0 Å². The van der Waals surface area contributed by atoms with E-state index in [0.717, 1.165) is 22.9 Å². The topological polar surface area (TPSA) is 70.9 Å². The molecule has 136 valence electrons. The van der Waals surface area contributed by atoms with Gasteiger partial charge in [-0.3, -0.25) is 5.32 Å². The molecule has 3 rings (SSSR count). The van der Waals surface area contributed by atoms with E-state index in [-0.39, 0.29) is 6.73 Å². The Morgan fingerprint density at radius 1 is 0.852 bits per heavy atom. The molecular weight excluding hydrogens is 340 g/mol. The van der Waals surface area contributed by atoms with E-state index in [0.29, 0.717) is 0 Å². The first-order valence-corrected chi connectivity index (χ1v) is 8.53. The van der Waals surface area contributed by atoms with Crippen molar-refractivity contribution in [2.24, 2.45) is 5.16 Å². The number of hydrogen-bond donors (Lipinski definition) is 2. The summed E-state index contributed by atoms with van der Waals surface area (Å²) in [5, 5.41) is 15.6. The van der Waals surface area contributed by atoms with E-state index in [9.17, 15) is 4.79 Å². The van der Waals surface area contributed by atoms with Crippen LogP contribution in [-0.4, -0.2) is 24.0 Å². The number of carboxylic acids is 1. The maximum atomic E-state index is 10.6. The number of nitrogens with zero attached hydrogens (tertiary/aromatic N) is 1. The number of hydrogen-bond acceptors (Lipinski definition) is 4. The molecule has 27 heavy (non-hydrogen) atoms. The van der Waals surface area contributed by atoms with Crippen molar-refractivity contribution in [3.05, 3.63) is 108 Å². The zero-order valence-corrected chi connectivity index (χ0v) is 14.7. The van der Waals surface area contributed by atoms with Crippen molar-refractivity contribution in [3.8, 4) is 0 Å². The van der Waals surface area contributed by atoms with Gasteiger partial charge in [-0.05, 0) is 16.7 Å². The van der Waals surface area contributed by atoms with E-state index >= 15 is 0 Å². The number of oxime groups is 1. The Balaban J connectivity index is 2.07. The molecule has 0 saturated carbocycles. The first kappa shape index (κ1) is 18.4. The molecule has 0 spiro atoms. The summed E-state index contributed by atoms with van der Waals surface area (Å²) < 4.78 is 0. The van der Waals surface area contributed by atoms with Crippen LogP contribution >= 0.6 is 0 Å². The van der Waals surface area contributed by atoms with Crippen LogP contribution in [0.3, 0.4) is 0 Å². The van der Waals surface area contributed by atoms with Crippen molar-refractivity contribution in [3.63, 3.8) is 0 Å². The van der Waals surface area contributed by atoms with Gasteiger partial charge in [0.15, 0.2) is 12.9 Å². The Morgan fingerprint density at radius 3 is 1.63 bits per heavy atom. The van der Waals surface area contributed by atoms with Gasteiger partial charge in [0.2, 0.25) is 0 Å². The fraction of sp³-hybridized carbons (Fsp3) is 0.0909. The zero-order valence-electron chi connectivity index (χ0n) is 14.7. The van der Waals surface area contributed by atoms with Crippen molar-refractivity contribution in [2.75, 3.05) is 6.73 Å². The van der Waals surface area contributed by atoms with Crippen LogP contribution in [0.15, 0.2) is 96.2 Å². The molecule has 0 radical (unpaired) electrons. The Kier molecular flexibility index (Phi) is 5.97. The van der Waals surface area contributed by atoms with Crippen LogP contribution in [0.5, 0.6) is 0 Å². The van der Waals surface area contributed by atoms with Crippen molar-refractivity contribution < 1.29 is 14.7 Å². The van der Waals surface area contributed by atoms with E-state index in [1.807, 2.05) is 91.0 Å². The highest BCUT2D eigenvalue weighted by molar-refractivity contribution is 6.21. The van der Waals surface area contributed by atoms with Gasteiger partial charge < -0.3 is 9.94 Å². The number of rotatable bonds is 8. The lowest BCUT2D eigenvalue weighted by Gasteiger charge is -2.36.